The third-order valence-corrected chi connectivity index (χ3v) is 4.29. The number of benzene rings is 2. The third kappa shape index (κ3) is 5.22. The van der Waals surface area contributed by atoms with Crippen molar-refractivity contribution in [2.75, 3.05) is 32.8 Å². The molecule has 3 rings (SSSR count). The molecule has 0 radical (unpaired) electrons. The first-order chi connectivity index (χ1) is 14.6. The van der Waals surface area contributed by atoms with E-state index in [9.17, 15) is 4.79 Å². The number of aromatic nitrogens is 2. The van der Waals surface area contributed by atoms with E-state index in [4.69, 9.17) is 18.9 Å². The second-order valence-electron chi connectivity index (χ2n) is 6.27. The lowest BCUT2D eigenvalue weighted by molar-refractivity contribution is -0.118. The largest absolute Gasteiger partial charge is 0.494 e. The third-order valence-electron chi connectivity index (χ3n) is 4.29. The van der Waals surface area contributed by atoms with E-state index in [0.29, 0.717) is 36.2 Å². The number of carbonyl (C=O) groups excluding carboxylic acids is 1. The summed E-state index contributed by atoms with van der Waals surface area (Å²) in [6, 6.07) is 14.5. The number of amides is 1. The highest BCUT2D eigenvalue weighted by molar-refractivity contribution is 5.91. The van der Waals surface area contributed by atoms with Gasteiger partial charge in [-0.25, -0.2) is 4.68 Å². The fourth-order valence-electron chi connectivity index (χ4n) is 2.93. The lowest BCUT2D eigenvalue weighted by atomic mass is 10.2. The lowest BCUT2D eigenvalue weighted by Gasteiger charge is -2.14. The molecule has 3 aromatic rings. The molecule has 0 bridgehead atoms. The minimum Gasteiger partial charge on any atom is -0.494 e. The molecule has 0 atom stereocenters. The van der Waals surface area contributed by atoms with Gasteiger partial charge in [0.1, 0.15) is 17.3 Å². The first-order valence-electron chi connectivity index (χ1n) is 9.51. The van der Waals surface area contributed by atoms with Crippen LogP contribution in [0.5, 0.6) is 23.0 Å². The molecular formula is C22H25N3O5. The molecule has 0 saturated carbocycles. The van der Waals surface area contributed by atoms with E-state index >= 15 is 0 Å². The summed E-state index contributed by atoms with van der Waals surface area (Å²) in [6.07, 6.45) is 1.62. The first-order valence-corrected chi connectivity index (χ1v) is 9.51. The lowest BCUT2D eigenvalue weighted by Crippen LogP contribution is -2.22. The Bertz CT molecular complexity index is 969. The molecule has 8 heteroatoms. The SMILES string of the molecule is CCOc1ccc(OCC(=O)Nc2ccnn2Cc2cccc(OC)c2OC)cc1. The Morgan fingerprint density at radius 1 is 1.00 bits per heavy atom. The highest BCUT2D eigenvalue weighted by Crippen LogP contribution is 2.31. The number of carbonyl (C=O) groups is 1. The predicted octanol–water partition coefficient (Wildman–Crippen LogP) is 3.36. The minimum absolute atomic E-state index is 0.123. The fourth-order valence-corrected chi connectivity index (χ4v) is 2.93. The van der Waals surface area contributed by atoms with Crippen molar-refractivity contribution in [1.29, 1.82) is 0 Å². The Balaban J connectivity index is 1.61. The Hall–Kier alpha value is -3.68. The number of para-hydroxylation sites is 1. The molecule has 30 heavy (non-hydrogen) atoms. The Morgan fingerprint density at radius 2 is 1.73 bits per heavy atom. The number of hydrogen-bond acceptors (Lipinski definition) is 6. The molecule has 0 fully saturated rings. The summed E-state index contributed by atoms with van der Waals surface area (Å²) in [7, 11) is 3.18. The minimum atomic E-state index is -0.289. The van der Waals surface area contributed by atoms with Crippen LogP contribution in [0.4, 0.5) is 5.82 Å². The zero-order chi connectivity index (χ0) is 21.3. The molecular weight excluding hydrogens is 386 g/mol. The number of hydrogen-bond donors (Lipinski definition) is 1. The van der Waals surface area contributed by atoms with Crippen LogP contribution in [0.25, 0.3) is 0 Å². The van der Waals surface area contributed by atoms with E-state index in [1.165, 1.54) is 0 Å². The van der Waals surface area contributed by atoms with Crippen LogP contribution in [0.1, 0.15) is 12.5 Å². The van der Waals surface area contributed by atoms with E-state index in [-0.39, 0.29) is 12.5 Å². The van der Waals surface area contributed by atoms with Gasteiger partial charge in [0.05, 0.1) is 33.6 Å². The van der Waals surface area contributed by atoms with E-state index in [2.05, 4.69) is 10.4 Å². The number of methoxy groups -OCH3 is 2. The average Bonchev–Trinajstić information content (AvgIpc) is 3.19. The Labute approximate surface area is 175 Å². The van der Waals surface area contributed by atoms with Gasteiger partial charge in [-0.2, -0.15) is 5.10 Å². The number of anilines is 1. The number of ether oxygens (including phenoxy) is 4. The van der Waals surface area contributed by atoms with Gasteiger partial charge in [0.15, 0.2) is 18.1 Å². The van der Waals surface area contributed by atoms with Crippen molar-refractivity contribution >= 4 is 11.7 Å². The van der Waals surface area contributed by atoms with Crippen LogP contribution in [0, 0.1) is 0 Å². The van der Waals surface area contributed by atoms with Crippen LogP contribution >= 0.6 is 0 Å². The number of nitrogens with one attached hydrogen (secondary N) is 1. The molecule has 0 saturated heterocycles. The molecule has 1 heterocycles. The molecule has 0 aliphatic heterocycles. The first kappa shape index (κ1) is 21.0. The summed E-state index contributed by atoms with van der Waals surface area (Å²) >= 11 is 0. The molecule has 0 aliphatic rings. The van der Waals surface area contributed by atoms with Crippen LogP contribution in [-0.4, -0.2) is 43.1 Å². The van der Waals surface area contributed by atoms with Gasteiger partial charge in [-0.15, -0.1) is 0 Å². The summed E-state index contributed by atoms with van der Waals surface area (Å²) in [4.78, 5) is 12.3. The van der Waals surface area contributed by atoms with Gasteiger partial charge in [-0.3, -0.25) is 4.79 Å². The number of nitrogens with zero attached hydrogens (tertiary/aromatic N) is 2. The van der Waals surface area contributed by atoms with Crippen molar-refractivity contribution in [2.24, 2.45) is 0 Å². The topological polar surface area (TPSA) is 83.8 Å². The number of rotatable bonds is 10. The summed E-state index contributed by atoms with van der Waals surface area (Å²) in [5.74, 6) is 2.88. The molecule has 8 nitrogen and oxygen atoms in total. The molecule has 2 aromatic carbocycles. The monoisotopic (exact) mass is 411 g/mol. The fraction of sp³-hybridized carbons (Fsp3) is 0.273. The standard InChI is InChI=1S/C22H25N3O5/c1-4-29-17-8-10-18(11-9-17)30-15-21(26)24-20-12-13-23-25(20)14-16-6-5-7-19(27-2)22(16)28-3/h5-13H,4,14-15H2,1-3H3,(H,24,26). The highest BCUT2D eigenvalue weighted by Gasteiger charge is 2.13. The van der Waals surface area contributed by atoms with Crippen molar-refractivity contribution in [3.63, 3.8) is 0 Å². The molecule has 158 valence electrons. The van der Waals surface area contributed by atoms with Crippen molar-refractivity contribution in [3.05, 3.63) is 60.3 Å². The quantitative estimate of drug-likeness (QED) is 0.551. The predicted molar refractivity (Wildman–Crippen MR) is 113 cm³/mol. The maximum Gasteiger partial charge on any atom is 0.263 e. The van der Waals surface area contributed by atoms with Gasteiger partial charge in [0.2, 0.25) is 0 Å². The zero-order valence-electron chi connectivity index (χ0n) is 17.3. The summed E-state index contributed by atoms with van der Waals surface area (Å²) in [5, 5.41) is 7.11. The van der Waals surface area contributed by atoms with Crippen molar-refractivity contribution < 1.29 is 23.7 Å². The van der Waals surface area contributed by atoms with Crippen molar-refractivity contribution in [1.82, 2.24) is 9.78 Å². The van der Waals surface area contributed by atoms with Crippen molar-refractivity contribution in [3.8, 4) is 23.0 Å². The van der Waals surface area contributed by atoms with Crippen molar-refractivity contribution in [2.45, 2.75) is 13.5 Å². The van der Waals surface area contributed by atoms with Gasteiger partial charge in [0.25, 0.3) is 5.91 Å². The molecule has 0 aliphatic carbocycles. The Morgan fingerprint density at radius 3 is 2.40 bits per heavy atom. The van der Waals surface area contributed by atoms with Gasteiger partial charge in [0, 0.05) is 11.6 Å². The van der Waals surface area contributed by atoms with Gasteiger partial charge < -0.3 is 24.3 Å². The van der Waals surface area contributed by atoms with Crippen LogP contribution < -0.4 is 24.3 Å². The Kier molecular flexibility index (Phi) is 7.15. The van der Waals surface area contributed by atoms with Gasteiger partial charge in [-0.05, 0) is 37.3 Å². The summed E-state index contributed by atoms with van der Waals surface area (Å²) in [5.41, 5.74) is 0.877. The van der Waals surface area contributed by atoms with Crippen LogP contribution in [-0.2, 0) is 11.3 Å². The molecule has 0 unspecified atom stereocenters. The molecule has 1 N–H and O–H groups in total. The van der Waals surface area contributed by atoms with E-state index in [0.717, 1.165) is 11.3 Å². The smallest absolute Gasteiger partial charge is 0.263 e. The molecule has 0 spiro atoms. The zero-order valence-corrected chi connectivity index (χ0v) is 17.3. The van der Waals surface area contributed by atoms with E-state index < -0.39 is 0 Å². The van der Waals surface area contributed by atoms with E-state index in [1.807, 2.05) is 25.1 Å². The van der Waals surface area contributed by atoms with Crippen LogP contribution in [0.3, 0.4) is 0 Å². The highest BCUT2D eigenvalue weighted by atomic mass is 16.5. The van der Waals surface area contributed by atoms with E-state index in [1.54, 1.807) is 55.4 Å². The average molecular weight is 411 g/mol. The maximum atomic E-state index is 12.3. The summed E-state index contributed by atoms with van der Waals surface area (Å²) in [6.45, 7) is 2.80. The molecule has 1 aromatic heterocycles. The van der Waals surface area contributed by atoms with Gasteiger partial charge in [-0.1, -0.05) is 12.1 Å². The second-order valence-corrected chi connectivity index (χ2v) is 6.27. The van der Waals surface area contributed by atoms with Crippen LogP contribution in [0.2, 0.25) is 0 Å². The normalized spacial score (nSPS) is 10.4. The second kappa shape index (κ2) is 10.2. The van der Waals surface area contributed by atoms with Gasteiger partial charge >= 0.3 is 0 Å². The maximum absolute atomic E-state index is 12.3. The molecule has 1 amide bonds. The summed E-state index contributed by atoms with van der Waals surface area (Å²) < 4.78 is 23.4. The van der Waals surface area contributed by atoms with Crippen LogP contribution in [0.15, 0.2) is 54.7 Å².